The quantitative estimate of drug-likeness (QED) is 0.369. The third kappa shape index (κ3) is 3.01. The maximum absolute atomic E-state index is 12.3. The van der Waals surface area contributed by atoms with E-state index in [1.807, 2.05) is 0 Å². The van der Waals surface area contributed by atoms with Crippen molar-refractivity contribution in [3.8, 4) is 0 Å². The number of fused-ring (bicyclic) bond motifs is 1. The Hall–Kier alpha value is -2.38. The first-order valence-corrected chi connectivity index (χ1v) is 7.33. The zero-order valence-electron chi connectivity index (χ0n) is 13.1. The van der Waals surface area contributed by atoms with Gasteiger partial charge >= 0.3 is 0 Å². The van der Waals surface area contributed by atoms with E-state index in [1.54, 1.807) is 0 Å². The Kier molecular flexibility index (Phi) is 4.53. The summed E-state index contributed by atoms with van der Waals surface area (Å²) in [6.45, 7) is -0.893. The van der Waals surface area contributed by atoms with Gasteiger partial charge in [-0.15, -0.1) is 0 Å². The van der Waals surface area contributed by atoms with Crippen LogP contribution >= 0.6 is 0 Å². The molecule has 0 amide bonds. The molecule has 25 heavy (non-hydrogen) atoms. The fourth-order valence-corrected chi connectivity index (χ4v) is 2.54. The van der Waals surface area contributed by atoms with Gasteiger partial charge in [-0.05, 0) is 0 Å². The first kappa shape index (κ1) is 17.4. The van der Waals surface area contributed by atoms with E-state index in [2.05, 4.69) is 15.0 Å². The van der Waals surface area contributed by atoms with Crippen LogP contribution in [0.3, 0.4) is 0 Å². The second-order valence-electron chi connectivity index (χ2n) is 5.56. The number of aliphatic hydroxyl groups excluding tert-OH is 3. The summed E-state index contributed by atoms with van der Waals surface area (Å²) in [5, 5.41) is 28.5. The van der Waals surface area contributed by atoms with E-state index in [4.69, 9.17) is 20.3 Å². The topological polar surface area (TPSA) is 186 Å². The van der Waals surface area contributed by atoms with Gasteiger partial charge in [0.2, 0.25) is 5.95 Å². The number of aromatic amines is 1. The molecule has 1 aliphatic heterocycles. The molecule has 0 bridgehead atoms. The van der Waals surface area contributed by atoms with Crippen molar-refractivity contribution in [3.63, 3.8) is 0 Å². The minimum Gasteiger partial charge on any atom is -0.394 e. The first-order chi connectivity index (χ1) is 11.8. The molecule has 6 N–H and O–H groups in total. The number of rotatable bonds is 4. The number of aryl methyl sites for hydroxylation is 1. The molecule has 1 saturated heterocycles. The molecule has 12 nitrogen and oxygen atoms in total. The molecule has 0 aromatic carbocycles. The number of aliphatic hydroxyl groups is 3. The molecular weight excluding hydrogens is 338 g/mol. The van der Waals surface area contributed by atoms with Crippen LogP contribution in [0.1, 0.15) is 5.69 Å². The van der Waals surface area contributed by atoms with Gasteiger partial charge in [0.15, 0.2) is 17.5 Å². The van der Waals surface area contributed by atoms with Crippen LogP contribution in [-0.2, 0) is 23.1 Å². The third-order valence-corrected chi connectivity index (χ3v) is 3.89. The molecule has 12 heteroatoms. The predicted octanol–water partition coefficient (Wildman–Crippen LogP) is -3.45. The number of nitrogens with two attached hydrogens (primary N) is 1. The van der Waals surface area contributed by atoms with Crippen LogP contribution in [0.5, 0.6) is 0 Å². The lowest BCUT2D eigenvalue weighted by atomic mass is 10.1. The largest absolute Gasteiger partial charge is 0.394 e. The zero-order valence-corrected chi connectivity index (χ0v) is 13.1. The Balaban J connectivity index is 1.89. The molecule has 3 heterocycles. The highest BCUT2D eigenvalue weighted by Gasteiger charge is 2.43. The second kappa shape index (κ2) is 6.50. The fraction of sp³-hybridized carbons (Fsp3) is 0.538. The Morgan fingerprint density at radius 2 is 2.04 bits per heavy atom. The van der Waals surface area contributed by atoms with E-state index in [0.717, 1.165) is 4.57 Å². The van der Waals surface area contributed by atoms with Gasteiger partial charge in [0.05, 0.1) is 13.2 Å². The highest BCUT2D eigenvalue weighted by molar-refractivity contribution is 5.69. The zero-order chi connectivity index (χ0) is 18.3. The number of H-pyrrole nitrogens is 1. The van der Waals surface area contributed by atoms with Crippen molar-refractivity contribution in [2.45, 2.75) is 31.2 Å². The fourth-order valence-electron chi connectivity index (χ4n) is 2.54. The lowest BCUT2D eigenvalue weighted by molar-refractivity contribution is -0.176. The number of nitrogens with zero attached hydrogens (tertiary/aromatic N) is 3. The maximum Gasteiger partial charge on any atom is 0.280 e. The summed E-state index contributed by atoms with van der Waals surface area (Å²) in [5.74, 6) is -0.148. The standard InChI is InChI=1S/C13H17N5O7/c1-18-9-6(10(22)17-13(14)16-9)15-4(11(18)23)3-24-12-8(21)7(20)5(2-19)25-12/h5,7-8,12,19-21H,2-3H2,1H3,(H3,14,16,17,22)/t5-,7-,8-,12-/m1/s1. The first-order valence-electron chi connectivity index (χ1n) is 7.33. The monoisotopic (exact) mass is 355 g/mol. The molecule has 1 aliphatic rings. The number of hydrogen-bond donors (Lipinski definition) is 5. The van der Waals surface area contributed by atoms with Crippen LogP contribution in [0.4, 0.5) is 5.95 Å². The number of hydrogen-bond acceptors (Lipinski definition) is 10. The minimum atomic E-state index is -1.40. The van der Waals surface area contributed by atoms with Gasteiger partial charge in [0, 0.05) is 7.05 Å². The van der Waals surface area contributed by atoms with Gasteiger partial charge in [-0.3, -0.25) is 19.1 Å². The summed E-state index contributed by atoms with van der Waals surface area (Å²) in [6, 6.07) is 0. The molecule has 0 radical (unpaired) electrons. The normalized spacial score (nSPS) is 26.4. The van der Waals surface area contributed by atoms with Crippen molar-refractivity contribution in [1.29, 1.82) is 0 Å². The van der Waals surface area contributed by atoms with E-state index in [0.29, 0.717) is 0 Å². The minimum absolute atomic E-state index is 0.0166. The van der Waals surface area contributed by atoms with Crippen LogP contribution in [0.25, 0.3) is 11.2 Å². The third-order valence-electron chi connectivity index (χ3n) is 3.89. The highest BCUT2D eigenvalue weighted by atomic mass is 16.7. The molecule has 0 unspecified atom stereocenters. The van der Waals surface area contributed by atoms with Gasteiger partial charge in [0.1, 0.15) is 24.0 Å². The number of nitrogen functional groups attached to an aromatic ring is 1. The molecule has 136 valence electrons. The smallest absolute Gasteiger partial charge is 0.280 e. The predicted molar refractivity (Wildman–Crippen MR) is 82.4 cm³/mol. The number of nitrogens with one attached hydrogen (secondary N) is 1. The molecule has 0 aliphatic carbocycles. The van der Waals surface area contributed by atoms with E-state index in [1.165, 1.54) is 7.05 Å². The number of anilines is 1. The SMILES string of the molecule is Cn1c(=O)c(CO[C@@H]2O[C@H](CO)[C@@H](O)[C@H]2O)nc2c(=O)[nH]c(N)nc21. The van der Waals surface area contributed by atoms with Gasteiger partial charge in [0.25, 0.3) is 11.1 Å². The van der Waals surface area contributed by atoms with Gasteiger partial charge in [-0.2, -0.15) is 4.98 Å². The Morgan fingerprint density at radius 1 is 1.32 bits per heavy atom. The van der Waals surface area contributed by atoms with Crippen molar-refractivity contribution in [2.75, 3.05) is 12.3 Å². The molecule has 0 spiro atoms. The van der Waals surface area contributed by atoms with E-state index < -0.39 is 42.3 Å². The summed E-state index contributed by atoms with van der Waals surface area (Å²) >= 11 is 0. The summed E-state index contributed by atoms with van der Waals surface area (Å²) in [7, 11) is 1.40. The maximum atomic E-state index is 12.3. The Labute approximate surface area is 139 Å². The number of ether oxygens (including phenoxy) is 2. The molecule has 2 aromatic heterocycles. The average molecular weight is 355 g/mol. The Bertz CT molecular complexity index is 910. The molecule has 2 aromatic rings. The van der Waals surface area contributed by atoms with Crippen molar-refractivity contribution < 1.29 is 24.8 Å². The molecular formula is C13H17N5O7. The van der Waals surface area contributed by atoms with Crippen molar-refractivity contribution in [2.24, 2.45) is 7.05 Å². The summed E-state index contributed by atoms with van der Waals surface area (Å²) in [5.41, 5.74) is 4.06. The summed E-state index contributed by atoms with van der Waals surface area (Å²) < 4.78 is 11.5. The van der Waals surface area contributed by atoms with Gasteiger partial charge < -0.3 is 30.5 Å². The van der Waals surface area contributed by atoms with Crippen LogP contribution in [0.2, 0.25) is 0 Å². The summed E-state index contributed by atoms with van der Waals surface area (Å²) in [6.07, 6.45) is -4.97. The lowest BCUT2D eigenvalue weighted by Crippen LogP contribution is -2.35. The molecule has 1 fully saturated rings. The lowest BCUT2D eigenvalue weighted by Gasteiger charge is -2.15. The van der Waals surface area contributed by atoms with Crippen LogP contribution in [0.15, 0.2) is 9.59 Å². The molecule has 3 rings (SSSR count). The van der Waals surface area contributed by atoms with E-state index in [9.17, 15) is 19.8 Å². The average Bonchev–Trinajstić information content (AvgIpc) is 2.85. The number of aromatic nitrogens is 4. The van der Waals surface area contributed by atoms with E-state index in [-0.39, 0.29) is 29.4 Å². The van der Waals surface area contributed by atoms with Gasteiger partial charge in [-0.25, -0.2) is 4.98 Å². The molecule has 0 saturated carbocycles. The van der Waals surface area contributed by atoms with Gasteiger partial charge in [-0.1, -0.05) is 0 Å². The Morgan fingerprint density at radius 3 is 2.68 bits per heavy atom. The van der Waals surface area contributed by atoms with Crippen LogP contribution in [-0.4, -0.2) is 66.0 Å². The van der Waals surface area contributed by atoms with Crippen molar-refractivity contribution in [1.82, 2.24) is 19.5 Å². The van der Waals surface area contributed by atoms with E-state index >= 15 is 0 Å². The highest BCUT2D eigenvalue weighted by Crippen LogP contribution is 2.22. The van der Waals surface area contributed by atoms with Crippen LogP contribution in [0, 0.1) is 0 Å². The second-order valence-corrected chi connectivity index (χ2v) is 5.56. The molecule has 4 atom stereocenters. The van der Waals surface area contributed by atoms with Crippen LogP contribution < -0.4 is 16.9 Å². The van der Waals surface area contributed by atoms with Crippen molar-refractivity contribution in [3.05, 3.63) is 26.4 Å². The van der Waals surface area contributed by atoms with Crippen molar-refractivity contribution >= 4 is 17.1 Å². The summed E-state index contributed by atoms with van der Waals surface area (Å²) in [4.78, 5) is 34.3.